The molecule has 0 unspecified atom stereocenters. The number of rotatable bonds is 9. The van der Waals surface area contributed by atoms with Gasteiger partial charge in [-0.3, -0.25) is 0 Å². The fourth-order valence-electron chi connectivity index (χ4n) is 4.12. The van der Waals surface area contributed by atoms with Crippen LogP contribution in [0, 0.1) is 0 Å². The SMILES string of the molecule is COc1cc(CCc2cc3c(c(O[C@@H]4O[C@H](CO)[C@@H](O)[C@H](O)[C@H]4O)c2)OCO3)cc(OC)c1OC. The van der Waals surface area contributed by atoms with Crippen LogP contribution in [0.5, 0.6) is 34.5 Å². The topological polar surface area (TPSA) is 146 Å². The predicted molar refractivity (Wildman–Crippen MR) is 120 cm³/mol. The Morgan fingerprint density at radius 2 is 1.43 bits per heavy atom. The molecule has 4 rings (SSSR count). The third kappa shape index (κ3) is 5.04. The van der Waals surface area contributed by atoms with Crippen LogP contribution in [0.25, 0.3) is 0 Å². The van der Waals surface area contributed by atoms with Gasteiger partial charge in [-0.15, -0.1) is 0 Å². The van der Waals surface area contributed by atoms with E-state index in [4.69, 9.17) is 33.2 Å². The van der Waals surface area contributed by atoms with Gasteiger partial charge in [0, 0.05) is 0 Å². The van der Waals surface area contributed by atoms with Crippen LogP contribution >= 0.6 is 0 Å². The van der Waals surface area contributed by atoms with Crippen LogP contribution in [0.1, 0.15) is 11.1 Å². The van der Waals surface area contributed by atoms with E-state index in [0.717, 1.165) is 11.1 Å². The molecule has 5 atom stereocenters. The molecule has 0 aliphatic carbocycles. The molecule has 0 amide bonds. The molecule has 192 valence electrons. The van der Waals surface area contributed by atoms with Gasteiger partial charge in [0.1, 0.15) is 24.4 Å². The molecule has 4 N–H and O–H groups in total. The maximum absolute atomic E-state index is 10.3. The number of hydrogen-bond donors (Lipinski definition) is 4. The Kier molecular flexibility index (Phi) is 7.72. The minimum absolute atomic E-state index is 0.00327. The lowest BCUT2D eigenvalue weighted by Crippen LogP contribution is -2.60. The van der Waals surface area contributed by atoms with E-state index < -0.39 is 37.3 Å². The molecular weight excluding hydrogens is 464 g/mol. The molecule has 35 heavy (non-hydrogen) atoms. The summed E-state index contributed by atoms with van der Waals surface area (Å²) < 4.78 is 38.6. The monoisotopic (exact) mass is 494 g/mol. The standard InChI is InChI=1S/C24H30O11/c1-29-14-6-12(7-15(30-2)22(14)31-3)4-5-13-8-16-23(33-11-32-16)17(9-13)34-24-21(28)20(27)19(26)18(10-25)35-24/h6-9,18-21,24-28H,4-5,10-11H2,1-3H3/t18-,19-,20+,21-,24-/m1/s1. The predicted octanol–water partition coefficient (Wildman–Crippen LogP) is 0.405. The molecule has 2 aromatic rings. The van der Waals surface area contributed by atoms with Gasteiger partial charge >= 0.3 is 0 Å². The average molecular weight is 494 g/mol. The molecule has 11 heteroatoms. The van der Waals surface area contributed by atoms with Crippen LogP contribution in [0.15, 0.2) is 24.3 Å². The fraction of sp³-hybridized carbons (Fsp3) is 0.500. The van der Waals surface area contributed by atoms with Crippen molar-refractivity contribution in [2.24, 2.45) is 0 Å². The van der Waals surface area contributed by atoms with Gasteiger partial charge in [0.15, 0.2) is 23.0 Å². The Hall–Kier alpha value is -2.96. The van der Waals surface area contributed by atoms with E-state index in [-0.39, 0.29) is 12.5 Å². The smallest absolute Gasteiger partial charge is 0.231 e. The van der Waals surface area contributed by atoms with Crippen molar-refractivity contribution in [2.45, 2.75) is 43.5 Å². The van der Waals surface area contributed by atoms with E-state index in [9.17, 15) is 20.4 Å². The molecular formula is C24H30O11. The average Bonchev–Trinajstić information content (AvgIpc) is 3.36. The molecule has 2 aliphatic heterocycles. The second kappa shape index (κ2) is 10.8. The number of methoxy groups -OCH3 is 3. The van der Waals surface area contributed by atoms with E-state index in [1.807, 2.05) is 18.2 Å². The van der Waals surface area contributed by atoms with Crippen molar-refractivity contribution in [3.05, 3.63) is 35.4 Å². The molecule has 0 saturated carbocycles. The van der Waals surface area contributed by atoms with Crippen molar-refractivity contribution < 1.29 is 53.6 Å². The number of benzene rings is 2. The summed E-state index contributed by atoms with van der Waals surface area (Å²) in [4.78, 5) is 0. The zero-order valence-electron chi connectivity index (χ0n) is 19.7. The van der Waals surface area contributed by atoms with Crippen LogP contribution in [0.4, 0.5) is 0 Å². The summed E-state index contributed by atoms with van der Waals surface area (Å²) >= 11 is 0. The number of fused-ring (bicyclic) bond motifs is 1. The number of aliphatic hydroxyl groups is 4. The summed E-state index contributed by atoms with van der Waals surface area (Å²) in [5.41, 5.74) is 1.80. The molecule has 11 nitrogen and oxygen atoms in total. The number of hydrogen-bond acceptors (Lipinski definition) is 11. The largest absolute Gasteiger partial charge is 0.493 e. The van der Waals surface area contributed by atoms with Crippen LogP contribution in [0.2, 0.25) is 0 Å². The van der Waals surface area contributed by atoms with Gasteiger partial charge in [0.05, 0.1) is 27.9 Å². The van der Waals surface area contributed by atoms with Gasteiger partial charge in [-0.1, -0.05) is 0 Å². The van der Waals surface area contributed by atoms with Gasteiger partial charge in [-0.2, -0.15) is 0 Å². The van der Waals surface area contributed by atoms with Crippen molar-refractivity contribution >= 4 is 0 Å². The molecule has 2 aliphatic rings. The maximum Gasteiger partial charge on any atom is 0.231 e. The minimum Gasteiger partial charge on any atom is -0.493 e. The van der Waals surface area contributed by atoms with Crippen molar-refractivity contribution in [3.63, 3.8) is 0 Å². The lowest BCUT2D eigenvalue weighted by atomic mass is 9.99. The summed E-state index contributed by atoms with van der Waals surface area (Å²) in [6, 6.07) is 7.31. The van der Waals surface area contributed by atoms with Crippen LogP contribution in [0.3, 0.4) is 0 Å². The van der Waals surface area contributed by atoms with E-state index >= 15 is 0 Å². The van der Waals surface area contributed by atoms with Gasteiger partial charge in [0.25, 0.3) is 0 Å². The van der Waals surface area contributed by atoms with Crippen LogP contribution < -0.4 is 28.4 Å². The molecule has 0 aromatic heterocycles. The van der Waals surface area contributed by atoms with Gasteiger partial charge in [-0.25, -0.2) is 0 Å². The third-order valence-corrected chi connectivity index (χ3v) is 6.02. The quantitative estimate of drug-likeness (QED) is 0.384. The van der Waals surface area contributed by atoms with Crippen molar-refractivity contribution in [3.8, 4) is 34.5 Å². The highest BCUT2D eigenvalue weighted by Crippen LogP contribution is 2.44. The van der Waals surface area contributed by atoms with E-state index in [0.29, 0.717) is 41.6 Å². The van der Waals surface area contributed by atoms with Crippen molar-refractivity contribution in [1.82, 2.24) is 0 Å². The number of aryl methyl sites for hydroxylation is 2. The van der Waals surface area contributed by atoms with Crippen molar-refractivity contribution in [2.75, 3.05) is 34.7 Å². The molecule has 1 saturated heterocycles. The third-order valence-electron chi connectivity index (χ3n) is 6.02. The fourth-order valence-corrected chi connectivity index (χ4v) is 4.12. The van der Waals surface area contributed by atoms with Crippen LogP contribution in [-0.2, 0) is 17.6 Å². The maximum atomic E-state index is 10.3. The zero-order chi connectivity index (χ0) is 25.1. The molecule has 0 bridgehead atoms. The summed E-state index contributed by atoms with van der Waals surface area (Å²) in [5.74, 6) is 2.66. The van der Waals surface area contributed by atoms with Crippen molar-refractivity contribution in [1.29, 1.82) is 0 Å². The molecule has 1 fully saturated rings. The van der Waals surface area contributed by atoms with Gasteiger partial charge in [-0.05, 0) is 48.2 Å². The zero-order valence-corrected chi connectivity index (χ0v) is 19.7. The Morgan fingerprint density at radius 1 is 0.800 bits per heavy atom. The second-order valence-electron chi connectivity index (χ2n) is 8.18. The van der Waals surface area contributed by atoms with Gasteiger partial charge < -0.3 is 53.6 Å². The lowest BCUT2D eigenvalue weighted by molar-refractivity contribution is -0.277. The summed E-state index contributed by atoms with van der Waals surface area (Å²) in [7, 11) is 4.66. The first-order chi connectivity index (χ1) is 16.9. The number of ether oxygens (including phenoxy) is 7. The first-order valence-corrected chi connectivity index (χ1v) is 11.1. The highest BCUT2D eigenvalue weighted by atomic mass is 16.7. The highest BCUT2D eigenvalue weighted by molar-refractivity contribution is 5.56. The Morgan fingerprint density at radius 3 is 2.03 bits per heavy atom. The molecule has 2 heterocycles. The number of aliphatic hydroxyl groups excluding tert-OH is 4. The second-order valence-corrected chi connectivity index (χ2v) is 8.18. The first kappa shape index (κ1) is 25.1. The lowest BCUT2D eigenvalue weighted by Gasteiger charge is -2.39. The normalized spacial score (nSPS) is 25.3. The molecule has 0 radical (unpaired) electrons. The summed E-state index contributed by atoms with van der Waals surface area (Å²) in [6.07, 6.45) is -5.81. The van der Waals surface area contributed by atoms with E-state index in [1.165, 1.54) is 0 Å². The van der Waals surface area contributed by atoms with Crippen LogP contribution in [-0.4, -0.2) is 85.9 Å². The van der Waals surface area contributed by atoms with Gasteiger partial charge in [0.2, 0.25) is 24.6 Å². The van der Waals surface area contributed by atoms with E-state index in [1.54, 1.807) is 27.4 Å². The summed E-state index contributed by atoms with van der Waals surface area (Å²) in [6.45, 7) is -0.561. The Balaban J connectivity index is 1.55. The highest BCUT2D eigenvalue weighted by Gasteiger charge is 2.45. The first-order valence-electron chi connectivity index (χ1n) is 11.1. The Bertz CT molecular complexity index is 1000. The minimum atomic E-state index is -1.56. The molecule has 0 spiro atoms. The Labute approximate surface area is 202 Å². The van der Waals surface area contributed by atoms with E-state index in [2.05, 4.69) is 0 Å². The molecule has 2 aromatic carbocycles. The summed E-state index contributed by atoms with van der Waals surface area (Å²) in [5, 5.41) is 39.9.